The molecule has 1 fully saturated rings. The number of halogens is 2. The number of carbonyl (C=O) groups is 2. The molecule has 0 radical (unpaired) electrons. The van der Waals surface area contributed by atoms with Crippen molar-refractivity contribution in [3.8, 4) is 0 Å². The van der Waals surface area contributed by atoms with Gasteiger partial charge in [0.25, 0.3) is 5.91 Å². The number of benzene rings is 1. The number of amides is 2. The Kier molecular flexibility index (Phi) is 7.65. The molecule has 1 saturated heterocycles. The molecule has 7 heteroatoms. The number of anilines is 1. The Bertz CT molecular complexity index is 532. The van der Waals surface area contributed by atoms with Gasteiger partial charge >= 0.3 is 0 Å². The summed E-state index contributed by atoms with van der Waals surface area (Å²) in [5, 5.41) is 3.20. The third kappa shape index (κ3) is 4.87. The predicted molar refractivity (Wildman–Crippen MR) is 90.8 cm³/mol. The van der Waals surface area contributed by atoms with Crippen molar-refractivity contribution < 1.29 is 9.59 Å². The van der Waals surface area contributed by atoms with E-state index in [1.165, 1.54) is 0 Å². The highest BCUT2D eigenvalue weighted by atomic mass is 35.5. The molecule has 1 aliphatic rings. The van der Waals surface area contributed by atoms with E-state index < -0.39 is 0 Å². The number of hydrogen-bond acceptors (Lipinski definition) is 3. The Morgan fingerprint density at radius 2 is 1.91 bits per heavy atom. The second-order valence-corrected chi connectivity index (χ2v) is 5.57. The summed E-state index contributed by atoms with van der Waals surface area (Å²) in [6, 6.07) is 4.93. The smallest absolute Gasteiger partial charge is 0.255 e. The number of nitrogens with two attached hydrogens (primary N) is 1. The van der Waals surface area contributed by atoms with Crippen molar-refractivity contribution in [3.63, 3.8) is 0 Å². The second-order valence-electron chi connectivity index (χ2n) is 5.13. The second kappa shape index (κ2) is 8.98. The fourth-order valence-electron chi connectivity index (χ4n) is 2.42. The van der Waals surface area contributed by atoms with E-state index in [1.807, 2.05) is 4.90 Å². The minimum atomic E-state index is -0.215. The number of carbonyl (C=O) groups excluding carboxylic acids is 2. The zero-order chi connectivity index (χ0) is 15.2. The third-order valence-corrected chi connectivity index (χ3v) is 3.74. The number of rotatable bonds is 4. The van der Waals surface area contributed by atoms with Gasteiger partial charge in [-0.1, -0.05) is 11.6 Å². The van der Waals surface area contributed by atoms with E-state index in [9.17, 15) is 9.59 Å². The van der Waals surface area contributed by atoms with Gasteiger partial charge in [0.05, 0.1) is 11.3 Å². The van der Waals surface area contributed by atoms with Crippen molar-refractivity contribution in [1.29, 1.82) is 0 Å². The van der Waals surface area contributed by atoms with Crippen LogP contribution < -0.4 is 11.1 Å². The van der Waals surface area contributed by atoms with Crippen LogP contribution in [0.2, 0.25) is 5.02 Å². The van der Waals surface area contributed by atoms with E-state index in [1.54, 1.807) is 18.2 Å². The number of nitrogens with one attached hydrogen (secondary N) is 1. The summed E-state index contributed by atoms with van der Waals surface area (Å²) in [6.45, 7) is 1.79. The number of nitrogens with zero attached hydrogens (tertiary/aromatic N) is 1. The van der Waals surface area contributed by atoms with Gasteiger partial charge in [-0.25, -0.2) is 0 Å². The molecule has 0 aliphatic carbocycles. The van der Waals surface area contributed by atoms with Gasteiger partial charge in [0.2, 0.25) is 5.91 Å². The molecule has 1 heterocycles. The predicted octanol–water partition coefficient (Wildman–Crippen LogP) is 2.68. The third-order valence-electron chi connectivity index (χ3n) is 3.50. The molecule has 0 bridgehead atoms. The maximum atomic E-state index is 12.6. The molecule has 0 atom stereocenters. The lowest BCUT2D eigenvalue weighted by Crippen LogP contribution is -2.36. The van der Waals surface area contributed by atoms with Crippen molar-refractivity contribution in [2.45, 2.75) is 25.7 Å². The number of piperidine rings is 1. The van der Waals surface area contributed by atoms with E-state index in [2.05, 4.69) is 5.32 Å². The maximum Gasteiger partial charge on any atom is 0.255 e. The highest BCUT2D eigenvalue weighted by Crippen LogP contribution is 2.24. The van der Waals surface area contributed by atoms with E-state index in [0.29, 0.717) is 16.3 Å². The number of likely N-dealkylation sites (tertiary alicyclic amines) is 1. The molecule has 1 aromatic rings. The molecule has 0 spiro atoms. The van der Waals surface area contributed by atoms with E-state index in [4.69, 9.17) is 17.3 Å². The Balaban J connectivity index is 0.00000242. The summed E-state index contributed by atoms with van der Waals surface area (Å²) in [5.41, 5.74) is 6.30. The van der Waals surface area contributed by atoms with Crippen LogP contribution in [0.25, 0.3) is 0 Å². The van der Waals surface area contributed by atoms with E-state index in [0.717, 1.165) is 32.4 Å². The monoisotopic (exact) mass is 345 g/mol. The van der Waals surface area contributed by atoms with Crippen LogP contribution >= 0.6 is 24.0 Å². The summed E-state index contributed by atoms with van der Waals surface area (Å²) < 4.78 is 0. The normalized spacial score (nSPS) is 14.2. The van der Waals surface area contributed by atoms with Crippen molar-refractivity contribution in [2.75, 3.05) is 25.0 Å². The highest BCUT2D eigenvalue weighted by Gasteiger charge is 2.21. The first kappa shape index (κ1) is 18.7. The molecular formula is C15H21Cl2N3O2. The molecule has 122 valence electrons. The summed E-state index contributed by atoms with van der Waals surface area (Å²) in [6.07, 6.45) is 3.41. The minimum Gasteiger partial charge on any atom is -0.339 e. The van der Waals surface area contributed by atoms with Crippen molar-refractivity contribution >= 4 is 41.5 Å². The van der Waals surface area contributed by atoms with Gasteiger partial charge in [-0.05, 0) is 37.5 Å². The molecule has 22 heavy (non-hydrogen) atoms. The summed E-state index contributed by atoms with van der Waals surface area (Å²) in [5.74, 6) is -0.276. The molecular weight excluding hydrogens is 325 g/mol. The molecule has 1 aromatic carbocycles. The van der Waals surface area contributed by atoms with Crippen LogP contribution in [0.1, 0.15) is 36.0 Å². The Morgan fingerprint density at radius 1 is 1.23 bits per heavy atom. The SMILES string of the molecule is Cl.NCCC(=O)Nc1cc(Cl)ccc1C(=O)N1CCCCC1. The Labute approximate surface area is 141 Å². The van der Waals surface area contributed by atoms with Gasteiger partial charge in [-0.15, -0.1) is 12.4 Å². The first-order valence-corrected chi connectivity index (χ1v) is 7.58. The van der Waals surface area contributed by atoms with Crippen LogP contribution in [-0.4, -0.2) is 36.3 Å². The summed E-state index contributed by atoms with van der Waals surface area (Å²) in [4.78, 5) is 26.1. The van der Waals surface area contributed by atoms with Crippen molar-refractivity contribution in [2.24, 2.45) is 5.73 Å². The number of hydrogen-bond donors (Lipinski definition) is 2. The van der Waals surface area contributed by atoms with Gasteiger partial charge in [0.15, 0.2) is 0 Å². The fraction of sp³-hybridized carbons (Fsp3) is 0.467. The largest absolute Gasteiger partial charge is 0.339 e. The summed E-state index contributed by atoms with van der Waals surface area (Å²) in [7, 11) is 0. The lowest BCUT2D eigenvalue weighted by Gasteiger charge is -2.27. The molecule has 2 rings (SSSR count). The van der Waals surface area contributed by atoms with Crippen LogP contribution in [0.15, 0.2) is 18.2 Å². The average molecular weight is 346 g/mol. The fourth-order valence-corrected chi connectivity index (χ4v) is 2.59. The molecule has 2 amide bonds. The average Bonchev–Trinajstić information content (AvgIpc) is 2.48. The topological polar surface area (TPSA) is 75.4 Å². The maximum absolute atomic E-state index is 12.6. The zero-order valence-electron chi connectivity index (χ0n) is 12.3. The van der Waals surface area contributed by atoms with Crippen LogP contribution in [0.4, 0.5) is 5.69 Å². The van der Waals surface area contributed by atoms with Crippen LogP contribution in [0.5, 0.6) is 0 Å². The molecule has 1 aliphatic heterocycles. The minimum absolute atomic E-state index is 0. The molecule has 0 saturated carbocycles. The van der Waals surface area contributed by atoms with Gasteiger partial charge in [-0.3, -0.25) is 9.59 Å². The Hall–Kier alpha value is -1.30. The van der Waals surface area contributed by atoms with Crippen LogP contribution in [-0.2, 0) is 4.79 Å². The molecule has 0 unspecified atom stereocenters. The van der Waals surface area contributed by atoms with E-state index in [-0.39, 0.29) is 37.2 Å². The standard InChI is InChI=1S/C15H20ClN3O2.ClH/c16-11-4-5-12(13(10-11)18-14(20)6-7-17)15(21)19-8-2-1-3-9-19;/h4-5,10H,1-3,6-9,17H2,(H,18,20);1H. The highest BCUT2D eigenvalue weighted by molar-refractivity contribution is 6.31. The van der Waals surface area contributed by atoms with Crippen molar-refractivity contribution in [1.82, 2.24) is 4.90 Å². The molecule has 3 N–H and O–H groups in total. The van der Waals surface area contributed by atoms with Gasteiger partial charge in [0, 0.05) is 31.1 Å². The van der Waals surface area contributed by atoms with Crippen molar-refractivity contribution in [3.05, 3.63) is 28.8 Å². The van der Waals surface area contributed by atoms with Gasteiger partial charge < -0.3 is 16.0 Å². The first-order chi connectivity index (χ1) is 10.1. The lowest BCUT2D eigenvalue weighted by atomic mass is 10.1. The zero-order valence-corrected chi connectivity index (χ0v) is 13.9. The first-order valence-electron chi connectivity index (χ1n) is 7.20. The Morgan fingerprint density at radius 3 is 2.55 bits per heavy atom. The lowest BCUT2D eigenvalue weighted by molar-refractivity contribution is -0.116. The quantitative estimate of drug-likeness (QED) is 0.880. The van der Waals surface area contributed by atoms with E-state index >= 15 is 0 Å². The molecule has 0 aromatic heterocycles. The van der Waals surface area contributed by atoms with Crippen LogP contribution in [0.3, 0.4) is 0 Å². The summed E-state index contributed by atoms with van der Waals surface area (Å²) >= 11 is 5.97. The molecule has 5 nitrogen and oxygen atoms in total. The van der Waals surface area contributed by atoms with Crippen LogP contribution in [0, 0.1) is 0 Å². The van der Waals surface area contributed by atoms with Gasteiger partial charge in [-0.2, -0.15) is 0 Å². The van der Waals surface area contributed by atoms with Gasteiger partial charge in [0.1, 0.15) is 0 Å².